The lowest BCUT2D eigenvalue weighted by molar-refractivity contribution is -0.146. The van der Waals surface area contributed by atoms with E-state index in [-0.39, 0.29) is 5.97 Å². The van der Waals surface area contributed by atoms with Gasteiger partial charge in [-0.25, -0.2) is 0 Å². The molecule has 0 fully saturated rings. The topological polar surface area (TPSA) is 29.5 Å². The molecule has 0 heterocycles. The lowest BCUT2D eigenvalue weighted by Gasteiger charge is -2.29. The molecule has 3 heteroatoms. The van der Waals surface area contributed by atoms with E-state index in [1.54, 1.807) is 0 Å². The molecule has 0 N–H and O–H groups in total. The van der Waals surface area contributed by atoms with Gasteiger partial charge < -0.3 is 4.74 Å². The van der Waals surface area contributed by atoms with Gasteiger partial charge in [-0.15, -0.1) is 0 Å². The van der Waals surface area contributed by atoms with E-state index in [4.69, 9.17) is 4.74 Å². The van der Waals surface area contributed by atoms with Crippen molar-refractivity contribution in [3.8, 4) is 0 Å². The summed E-state index contributed by atoms with van der Waals surface area (Å²) in [5.74, 6) is -0.106. The lowest BCUT2D eigenvalue weighted by atomic mass is 10.2. The minimum absolute atomic E-state index is 0.106. The molecule has 0 rings (SSSR count). The van der Waals surface area contributed by atoms with Gasteiger partial charge in [0.25, 0.3) is 0 Å². The zero-order valence-corrected chi connectivity index (χ0v) is 10.7. The second kappa shape index (κ2) is 7.69. The first-order chi connectivity index (χ1) is 6.99. The van der Waals surface area contributed by atoms with Crippen molar-refractivity contribution in [1.29, 1.82) is 0 Å². The van der Waals surface area contributed by atoms with Gasteiger partial charge in [0.05, 0.1) is 13.2 Å². The average molecular weight is 215 g/mol. The van der Waals surface area contributed by atoms with Gasteiger partial charge in [0.2, 0.25) is 0 Å². The number of carbonyl (C=O) groups is 1. The van der Waals surface area contributed by atoms with Gasteiger partial charge in [0, 0.05) is 12.1 Å². The lowest BCUT2D eigenvalue weighted by Crippen LogP contribution is -2.41. The molecule has 0 saturated heterocycles. The Labute approximate surface area is 93.8 Å². The Morgan fingerprint density at radius 1 is 1.20 bits per heavy atom. The van der Waals surface area contributed by atoms with E-state index >= 15 is 0 Å². The van der Waals surface area contributed by atoms with Crippen LogP contribution in [-0.4, -0.2) is 36.1 Å². The van der Waals surface area contributed by atoms with Crippen molar-refractivity contribution in [2.75, 3.05) is 13.2 Å². The summed E-state index contributed by atoms with van der Waals surface area (Å²) in [4.78, 5) is 13.6. The summed E-state index contributed by atoms with van der Waals surface area (Å²) in [5.41, 5.74) is 0. The van der Waals surface area contributed by atoms with Gasteiger partial charge in [-0.3, -0.25) is 9.69 Å². The number of carbonyl (C=O) groups excluding carboxylic acids is 1. The van der Waals surface area contributed by atoms with Crippen LogP contribution in [-0.2, 0) is 9.53 Å². The fourth-order valence-electron chi connectivity index (χ4n) is 1.49. The predicted octanol–water partition coefficient (Wildman–Crippen LogP) is 2.45. The first kappa shape index (κ1) is 14.4. The Kier molecular flexibility index (Phi) is 7.39. The summed E-state index contributed by atoms with van der Waals surface area (Å²) >= 11 is 0. The van der Waals surface area contributed by atoms with Gasteiger partial charge in [0.15, 0.2) is 0 Å². The van der Waals surface area contributed by atoms with E-state index in [1.165, 1.54) is 0 Å². The van der Waals surface area contributed by atoms with Gasteiger partial charge in [0.1, 0.15) is 0 Å². The smallest absolute Gasteiger partial charge is 0.320 e. The van der Waals surface area contributed by atoms with E-state index in [1.807, 2.05) is 0 Å². The maximum atomic E-state index is 11.5. The second-order valence-electron chi connectivity index (χ2n) is 4.43. The monoisotopic (exact) mass is 215 g/mol. The van der Waals surface area contributed by atoms with Crippen molar-refractivity contribution in [2.24, 2.45) is 0 Å². The van der Waals surface area contributed by atoms with E-state index in [9.17, 15) is 4.79 Å². The van der Waals surface area contributed by atoms with Crippen LogP contribution >= 0.6 is 0 Å². The predicted molar refractivity (Wildman–Crippen MR) is 62.8 cm³/mol. The van der Waals surface area contributed by atoms with E-state index in [2.05, 4.69) is 39.5 Å². The van der Waals surface area contributed by atoms with Crippen molar-refractivity contribution >= 4 is 5.97 Å². The van der Waals surface area contributed by atoms with Crippen LogP contribution in [0.15, 0.2) is 0 Å². The normalized spacial score (nSPS) is 11.5. The van der Waals surface area contributed by atoms with Gasteiger partial charge in [-0.2, -0.15) is 0 Å². The highest BCUT2D eigenvalue weighted by Crippen LogP contribution is 2.04. The van der Waals surface area contributed by atoms with Crippen LogP contribution < -0.4 is 0 Å². The molecule has 0 aromatic carbocycles. The average Bonchev–Trinajstić information content (AvgIpc) is 2.13. The molecule has 0 bridgehead atoms. The van der Waals surface area contributed by atoms with Crippen LogP contribution in [0, 0.1) is 0 Å². The molecular weight excluding hydrogens is 190 g/mol. The zero-order valence-electron chi connectivity index (χ0n) is 10.7. The van der Waals surface area contributed by atoms with Gasteiger partial charge in [-0.1, -0.05) is 13.3 Å². The molecule has 0 aliphatic heterocycles. The largest absolute Gasteiger partial charge is 0.465 e. The Morgan fingerprint density at radius 2 is 1.73 bits per heavy atom. The fourth-order valence-corrected chi connectivity index (χ4v) is 1.49. The van der Waals surface area contributed by atoms with Crippen molar-refractivity contribution in [2.45, 2.75) is 59.5 Å². The summed E-state index contributed by atoms with van der Waals surface area (Å²) in [7, 11) is 0. The first-order valence-corrected chi connectivity index (χ1v) is 5.90. The van der Waals surface area contributed by atoms with Gasteiger partial charge >= 0.3 is 5.97 Å². The summed E-state index contributed by atoms with van der Waals surface area (Å²) in [6.07, 6.45) is 2.01. The highest BCUT2D eigenvalue weighted by atomic mass is 16.5. The summed E-state index contributed by atoms with van der Waals surface area (Å²) in [6, 6.07) is 0.757. The molecule has 0 aromatic heterocycles. The SMILES string of the molecule is CCCCOC(=O)CN(C(C)C)C(C)C. The number of esters is 1. The Morgan fingerprint density at radius 3 is 2.13 bits per heavy atom. The molecule has 0 radical (unpaired) electrons. The number of hydrogen-bond acceptors (Lipinski definition) is 3. The van der Waals surface area contributed by atoms with Crippen molar-refractivity contribution < 1.29 is 9.53 Å². The van der Waals surface area contributed by atoms with Crippen LogP contribution in [0.3, 0.4) is 0 Å². The van der Waals surface area contributed by atoms with E-state index < -0.39 is 0 Å². The minimum Gasteiger partial charge on any atom is -0.465 e. The number of ether oxygens (including phenoxy) is 1. The van der Waals surface area contributed by atoms with Crippen LogP contribution in [0.25, 0.3) is 0 Å². The Balaban J connectivity index is 3.90. The highest BCUT2D eigenvalue weighted by Gasteiger charge is 2.17. The number of rotatable bonds is 7. The summed E-state index contributed by atoms with van der Waals surface area (Å²) in [6.45, 7) is 11.4. The molecule has 0 aliphatic rings. The van der Waals surface area contributed by atoms with E-state index in [0.717, 1.165) is 12.8 Å². The third-order valence-corrected chi connectivity index (χ3v) is 2.40. The molecule has 0 saturated carbocycles. The third kappa shape index (κ3) is 6.50. The molecule has 90 valence electrons. The molecule has 3 nitrogen and oxygen atoms in total. The van der Waals surface area contributed by atoms with Crippen molar-refractivity contribution in [3.63, 3.8) is 0 Å². The quantitative estimate of drug-likeness (QED) is 0.482. The highest BCUT2D eigenvalue weighted by molar-refractivity contribution is 5.71. The van der Waals surface area contributed by atoms with E-state index in [0.29, 0.717) is 25.2 Å². The zero-order chi connectivity index (χ0) is 11.8. The Hall–Kier alpha value is -0.570. The molecule has 15 heavy (non-hydrogen) atoms. The van der Waals surface area contributed by atoms with Gasteiger partial charge in [-0.05, 0) is 34.1 Å². The van der Waals surface area contributed by atoms with Crippen molar-refractivity contribution in [3.05, 3.63) is 0 Å². The summed E-state index contributed by atoms with van der Waals surface area (Å²) in [5, 5.41) is 0. The maximum Gasteiger partial charge on any atom is 0.320 e. The van der Waals surface area contributed by atoms with Crippen LogP contribution in [0.5, 0.6) is 0 Å². The number of nitrogens with zero attached hydrogens (tertiary/aromatic N) is 1. The molecule has 0 atom stereocenters. The first-order valence-electron chi connectivity index (χ1n) is 5.90. The van der Waals surface area contributed by atoms with Crippen molar-refractivity contribution in [1.82, 2.24) is 4.90 Å². The summed E-state index contributed by atoms with van der Waals surface area (Å²) < 4.78 is 5.13. The molecular formula is C12H25NO2. The Bertz CT molecular complexity index is 170. The number of unbranched alkanes of at least 4 members (excludes halogenated alkanes) is 1. The maximum absolute atomic E-state index is 11.5. The second-order valence-corrected chi connectivity index (χ2v) is 4.43. The molecule has 0 aliphatic carbocycles. The van der Waals surface area contributed by atoms with Crippen LogP contribution in [0.4, 0.5) is 0 Å². The molecule has 0 aromatic rings. The van der Waals surface area contributed by atoms with Crippen LogP contribution in [0.1, 0.15) is 47.5 Å². The minimum atomic E-state index is -0.106. The molecule has 0 spiro atoms. The third-order valence-electron chi connectivity index (χ3n) is 2.40. The standard InChI is InChI=1S/C12H25NO2/c1-6-7-8-15-12(14)9-13(10(2)3)11(4)5/h10-11H,6-9H2,1-5H3. The number of hydrogen-bond donors (Lipinski definition) is 0. The molecule has 0 unspecified atom stereocenters. The molecule has 0 amide bonds. The van der Waals surface area contributed by atoms with Crippen LogP contribution in [0.2, 0.25) is 0 Å². The fraction of sp³-hybridized carbons (Fsp3) is 0.917.